The molecule has 2 heterocycles. The summed E-state index contributed by atoms with van der Waals surface area (Å²) in [6, 6.07) is 2.20. The van der Waals surface area contributed by atoms with Gasteiger partial charge in [0.15, 0.2) is 0 Å². The number of fused-ring (bicyclic) bond motifs is 1. The first-order valence-corrected chi connectivity index (χ1v) is 5.55. The maximum Gasteiger partial charge on any atom is 0.126 e. The Kier molecular flexibility index (Phi) is 2.27. The van der Waals surface area contributed by atoms with E-state index in [-0.39, 0.29) is 0 Å². The van der Waals surface area contributed by atoms with E-state index in [1.165, 1.54) is 4.88 Å². The molecule has 2 nitrogen and oxygen atoms in total. The normalized spacial score (nSPS) is 12.2. The Balaban J connectivity index is 2.36. The van der Waals surface area contributed by atoms with Gasteiger partial charge in [-0.2, -0.15) is 0 Å². The van der Waals surface area contributed by atoms with Crippen LogP contribution in [0, 0.1) is 5.41 Å². The molecule has 0 atom stereocenters. The van der Waals surface area contributed by atoms with E-state index in [1.54, 1.807) is 17.7 Å². The minimum absolute atomic E-state index is 0.342. The smallest absolute Gasteiger partial charge is 0.126 e. The molecule has 0 fully saturated rings. The van der Waals surface area contributed by atoms with Crippen LogP contribution in [0.15, 0.2) is 18.6 Å². The average Bonchev–Trinajstić information content (AvgIpc) is 2.42. The number of nitrogens with zero attached hydrogens (tertiary/aromatic N) is 2. The summed E-state index contributed by atoms with van der Waals surface area (Å²) in [5.41, 5.74) is 0.342. The third kappa shape index (κ3) is 2.10. The topological polar surface area (TPSA) is 25.8 Å². The van der Waals surface area contributed by atoms with E-state index in [4.69, 9.17) is 0 Å². The third-order valence-electron chi connectivity index (χ3n) is 1.95. The minimum atomic E-state index is 0.342. The van der Waals surface area contributed by atoms with Crippen molar-refractivity contribution in [2.45, 2.75) is 27.2 Å². The van der Waals surface area contributed by atoms with Crippen LogP contribution in [0.4, 0.5) is 0 Å². The lowest BCUT2D eigenvalue weighted by molar-refractivity contribution is 0.415. The van der Waals surface area contributed by atoms with Crippen molar-refractivity contribution in [3.05, 3.63) is 23.5 Å². The second-order valence-electron chi connectivity index (χ2n) is 4.73. The second-order valence-corrected chi connectivity index (χ2v) is 5.85. The van der Waals surface area contributed by atoms with E-state index < -0.39 is 0 Å². The van der Waals surface area contributed by atoms with Crippen LogP contribution in [-0.2, 0) is 6.42 Å². The molecule has 0 spiro atoms. The van der Waals surface area contributed by atoms with Gasteiger partial charge in [0, 0.05) is 16.5 Å². The van der Waals surface area contributed by atoms with Crippen LogP contribution < -0.4 is 0 Å². The summed E-state index contributed by atoms with van der Waals surface area (Å²) in [5, 5.41) is 1.16. The summed E-state index contributed by atoms with van der Waals surface area (Å²) in [7, 11) is 0. The number of hydrogen-bond donors (Lipinski definition) is 0. The highest BCUT2D eigenvalue weighted by atomic mass is 32.1. The summed E-state index contributed by atoms with van der Waals surface area (Å²) < 4.78 is 0. The minimum Gasteiger partial charge on any atom is -0.244 e. The summed E-state index contributed by atoms with van der Waals surface area (Å²) in [6.45, 7) is 6.76. The molecule has 2 aromatic rings. The molecule has 0 N–H and O–H groups in total. The highest BCUT2D eigenvalue weighted by Gasteiger charge is 2.13. The summed E-state index contributed by atoms with van der Waals surface area (Å²) in [4.78, 5) is 10.8. The lowest BCUT2D eigenvalue weighted by Crippen LogP contribution is -2.07. The predicted molar refractivity (Wildman–Crippen MR) is 60.6 cm³/mol. The van der Waals surface area contributed by atoms with Crippen LogP contribution in [0.5, 0.6) is 0 Å². The van der Waals surface area contributed by atoms with Crippen molar-refractivity contribution in [3.8, 4) is 0 Å². The van der Waals surface area contributed by atoms with Gasteiger partial charge in [-0.3, -0.25) is 0 Å². The van der Waals surface area contributed by atoms with Gasteiger partial charge in [-0.05, 0) is 17.9 Å². The van der Waals surface area contributed by atoms with Gasteiger partial charge >= 0.3 is 0 Å². The van der Waals surface area contributed by atoms with Crippen LogP contribution in [0.3, 0.4) is 0 Å². The van der Waals surface area contributed by atoms with Crippen LogP contribution in [0.25, 0.3) is 10.2 Å². The van der Waals surface area contributed by atoms with Crippen molar-refractivity contribution in [3.63, 3.8) is 0 Å². The highest BCUT2D eigenvalue weighted by Crippen LogP contribution is 2.28. The molecule has 0 saturated heterocycles. The van der Waals surface area contributed by atoms with E-state index in [2.05, 4.69) is 36.8 Å². The van der Waals surface area contributed by atoms with E-state index in [1.807, 2.05) is 6.20 Å². The van der Waals surface area contributed by atoms with Gasteiger partial charge in [0.2, 0.25) is 0 Å². The fourth-order valence-corrected chi connectivity index (χ4v) is 2.72. The Labute approximate surface area is 88.0 Å². The zero-order valence-corrected chi connectivity index (χ0v) is 9.56. The van der Waals surface area contributed by atoms with Gasteiger partial charge in [-0.15, -0.1) is 11.3 Å². The molecule has 0 bridgehead atoms. The molecule has 2 aromatic heterocycles. The van der Waals surface area contributed by atoms with Crippen molar-refractivity contribution in [2.75, 3.05) is 0 Å². The first-order chi connectivity index (χ1) is 6.54. The van der Waals surface area contributed by atoms with Crippen LogP contribution in [0.1, 0.15) is 25.6 Å². The quantitative estimate of drug-likeness (QED) is 0.715. The molecule has 74 valence electrons. The number of rotatable bonds is 1. The molecule has 0 aliphatic carbocycles. The highest BCUT2D eigenvalue weighted by molar-refractivity contribution is 7.18. The Morgan fingerprint density at radius 1 is 1.36 bits per heavy atom. The molecule has 3 heteroatoms. The third-order valence-corrected chi connectivity index (χ3v) is 3.01. The van der Waals surface area contributed by atoms with E-state index in [0.29, 0.717) is 5.41 Å². The SMILES string of the molecule is CC(C)(C)Cc1cc2cncnc2s1. The first-order valence-electron chi connectivity index (χ1n) is 4.73. The summed E-state index contributed by atoms with van der Waals surface area (Å²) in [6.07, 6.45) is 4.60. The Bertz CT molecular complexity index is 407. The first kappa shape index (κ1) is 9.59. The number of thiophene rings is 1. The molecule has 0 amide bonds. The second kappa shape index (κ2) is 3.31. The lowest BCUT2D eigenvalue weighted by atomic mass is 9.91. The van der Waals surface area contributed by atoms with Crippen molar-refractivity contribution in [2.24, 2.45) is 5.41 Å². The molecule has 0 saturated carbocycles. The molecular formula is C11H14N2S. The standard InChI is InChI=1S/C11H14N2S/c1-11(2,3)5-9-4-8-6-12-7-13-10(8)14-9/h4,6-7H,5H2,1-3H3. The molecule has 0 aromatic carbocycles. The van der Waals surface area contributed by atoms with Crippen LogP contribution in [0.2, 0.25) is 0 Å². The van der Waals surface area contributed by atoms with Crippen molar-refractivity contribution < 1.29 is 0 Å². The molecule has 14 heavy (non-hydrogen) atoms. The number of hydrogen-bond acceptors (Lipinski definition) is 3. The average molecular weight is 206 g/mol. The van der Waals surface area contributed by atoms with E-state index >= 15 is 0 Å². The van der Waals surface area contributed by atoms with Gasteiger partial charge < -0.3 is 0 Å². The van der Waals surface area contributed by atoms with E-state index in [9.17, 15) is 0 Å². The largest absolute Gasteiger partial charge is 0.244 e. The fourth-order valence-electron chi connectivity index (χ4n) is 1.45. The molecule has 0 unspecified atom stereocenters. The van der Waals surface area contributed by atoms with Crippen molar-refractivity contribution >= 4 is 21.6 Å². The van der Waals surface area contributed by atoms with Crippen molar-refractivity contribution in [1.82, 2.24) is 9.97 Å². The van der Waals surface area contributed by atoms with Crippen molar-refractivity contribution in [1.29, 1.82) is 0 Å². The zero-order chi connectivity index (χ0) is 10.2. The van der Waals surface area contributed by atoms with Gasteiger partial charge in [0.05, 0.1) is 0 Å². The summed E-state index contributed by atoms with van der Waals surface area (Å²) >= 11 is 1.77. The number of aromatic nitrogens is 2. The van der Waals surface area contributed by atoms with Gasteiger partial charge in [-0.25, -0.2) is 9.97 Å². The Morgan fingerprint density at radius 3 is 2.79 bits per heavy atom. The monoisotopic (exact) mass is 206 g/mol. The van der Waals surface area contributed by atoms with Crippen LogP contribution in [-0.4, -0.2) is 9.97 Å². The van der Waals surface area contributed by atoms with Gasteiger partial charge in [-0.1, -0.05) is 20.8 Å². The fraction of sp³-hybridized carbons (Fsp3) is 0.455. The van der Waals surface area contributed by atoms with Crippen LogP contribution >= 0.6 is 11.3 Å². The maximum absolute atomic E-state index is 4.24. The molecule has 0 aliphatic rings. The lowest BCUT2D eigenvalue weighted by Gasteiger charge is -2.15. The Morgan fingerprint density at radius 2 is 2.14 bits per heavy atom. The molecular weight excluding hydrogens is 192 g/mol. The summed E-state index contributed by atoms with van der Waals surface area (Å²) in [5.74, 6) is 0. The predicted octanol–water partition coefficient (Wildman–Crippen LogP) is 3.28. The van der Waals surface area contributed by atoms with Gasteiger partial charge in [0.25, 0.3) is 0 Å². The molecule has 0 aliphatic heterocycles. The maximum atomic E-state index is 4.24. The molecule has 2 rings (SSSR count). The molecule has 0 radical (unpaired) electrons. The Hall–Kier alpha value is -0.960. The zero-order valence-electron chi connectivity index (χ0n) is 8.74. The van der Waals surface area contributed by atoms with Gasteiger partial charge in [0.1, 0.15) is 11.2 Å². The van der Waals surface area contributed by atoms with E-state index in [0.717, 1.165) is 16.6 Å².